The van der Waals surface area contributed by atoms with Crippen LogP contribution in [0.15, 0.2) is 11.7 Å². The van der Waals surface area contributed by atoms with E-state index in [-0.39, 0.29) is 5.91 Å². The fourth-order valence-corrected chi connectivity index (χ4v) is 2.77. The van der Waals surface area contributed by atoms with Crippen molar-refractivity contribution in [3.8, 4) is 0 Å². The Labute approximate surface area is 99.7 Å². The van der Waals surface area contributed by atoms with Crippen molar-refractivity contribution in [3.05, 3.63) is 16.6 Å². The van der Waals surface area contributed by atoms with Gasteiger partial charge >= 0.3 is 0 Å². The van der Waals surface area contributed by atoms with Crippen molar-refractivity contribution in [3.63, 3.8) is 0 Å². The number of thiazole rings is 1. The number of piperidine rings is 1. The first-order valence-electron chi connectivity index (χ1n) is 5.63. The Morgan fingerprint density at radius 2 is 2.62 bits per heavy atom. The van der Waals surface area contributed by atoms with Gasteiger partial charge in [0.15, 0.2) is 0 Å². The van der Waals surface area contributed by atoms with Crippen LogP contribution in [0.3, 0.4) is 0 Å². The van der Waals surface area contributed by atoms with Gasteiger partial charge in [0.05, 0.1) is 11.7 Å². The molecule has 0 bridgehead atoms. The summed E-state index contributed by atoms with van der Waals surface area (Å²) in [6.07, 6.45) is 3.99. The highest BCUT2D eigenvalue weighted by Gasteiger charge is 2.24. The molecule has 2 heterocycles. The molecule has 0 aliphatic carbocycles. The molecule has 5 heteroatoms. The summed E-state index contributed by atoms with van der Waals surface area (Å²) in [7, 11) is 1.96. The van der Waals surface area contributed by atoms with Gasteiger partial charge in [-0.05, 0) is 32.4 Å². The largest absolute Gasteiger partial charge is 0.338 e. The molecule has 1 N–H and O–H groups in total. The molecule has 1 unspecified atom stereocenters. The Morgan fingerprint density at radius 1 is 1.75 bits per heavy atom. The van der Waals surface area contributed by atoms with E-state index < -0.39 is 0 Å². The van der Waals surface area contributed by atoms with Crippen molar-refractivity contribution < 1.29 is 4.79 Å². The molecule has 1 fully saturated rings. The number of hydrogen-bond donors (Lipinski definition) is 1. The van der Waals surface area contributed by atoms with Gasteiger partial charge in [-0.3, -0.25) is 9.78 Å². The highest BCUT2D eigenvalue weighted by molar-refractivity contribution is 7.11. The first kappa shape index (κ1) is 11.5. The maximum Gasteiger partial charge on any atom is 0.265 e. The molecule has 4 nitrogen and oxygen atoms in total. The van der Waals surface area contributed by atoms with Gasteiger partial charge in [0, 0.05) is 13.1 Å². The fraction of sp³-hybridized carbons (Fsp3) is 0.636. The molecule has 0 spiro atoms. The first-order chi connectivity index (χ1) is 7.81. The van der Waals surface area contributed by atoms with Crippen LogP contribution in [0.25, 0.3) is 0 Å². The standard InChI is InChI=1S/C11H17N3OS/c1-12-5-9-3-2-4-14(7-9)11(15)10-6-13-8-16-10/h6,8-9,12H,2-5,7H2,1H3. The Hall–Kier alpha value is -0.940. The number of aromatic nitrogens is 1. The topological polar surface area (TPSA) is 45.2 Å². The van der Waals surface area contributed by atoms with E-state index in [4.69, 9.17) is 0 Å². The molecule has 0 saturated carbocycles. The highest BCUT2D eigenvalue weighted by atomic mass is 32.1. The third-order valence-corrected chi connectivity index (χ3v) is 3.70. The lowest BCUT2D eigenvalue weighted by molar-refractivity contribution is 0.0679. The molecule has 1 aromatic heterocycles. The van der Waals surface area contributed by atoms with Crippen LogP contribution in [0, 0.1) is 5.92 Å². The molecule has 1 aromatic rings. The predicted octanol–water partition coefficient (Wildman–Crippen LogP) is 1.21. The van der Waals surface area contributed by atoms with E-state index in [0.29, 0.717) is 5.92 Å². The summed E-state index contributed by atoms with van der Waals surface area (Å²) in [6.45, 7) is 2.75. The molecule has 1 amide bonds. The monoisotopic (exact) mass is 239 g/mol. The molecular formula is C11H17N3OS. The smallest absolute Gasteiger partial charge is 0.265 e. The van der Waals surface area contributed by atoms with Gasteiger partial charge in [-0.1, -0.05) is 0 Å². The number of rotatable bonds is 3. The molecule has 88 valence electrons. The van der Waals surface area contributed by atoms with Crippen LogP contribution in [-0.2, 0) is 0 Å². The maximum atomic E-state index is 12.1. The highest BCUT2D eigenvalue weighted by Crippen LogP contribution is 2.19. The van der Waals surface area contributed by atoms with E-state index in [0.717, 1.165) is 30.9 Å². The average molecular weight is 239 g/mol. The summed E-state index contributed by atoms with van der Waals surface area (Å²) in [5.74, 6) is 0.735. The molecule has 1 saturated heterocycles. The lowest BCUT2D eigenvalue weighted by Crippen LogP contribution is -2.42. The van der Waals surface area contributed by atoms with Crippen LogP contribution >= 0.6 is 11.3 Å². The van der Waals surface area contributed by atoms with E-state index >= 15 is 0 Å². The van der Waals surface area contributed by atoms with Crippen molar-refractivity contribution in [2.45, 2.75) is 12.8 Å². The lowest BCUT2D eigenvalue weighted by Gasteiger charge is -2.32. The van der Waals surface area contributed by atoms with Crippen molar-refractivity contribution in [1.82, 2.24) is 15.2 Å². The molecule has 16 heavy (non-hydrogen) atoms. The predicted molar refractivity (Wildman–Crippen MR) is 64.7 cm³/mol. The van der Waals surface area contributed by atoms with Crippen LogP contribution < -0.4 is 5.32 Å². The van der Waals surface area contributed by atoms with Crippen molar-refractivity contribution >= 4 is 17.2 Å². The summed E-state index contributed by atoms with van der Waals surface area (Å²) in [4.78, 5) is 18.8. The minimum atomic E-state index is 0.142. The molecule has 1 aliphatic heterocycles. The number of carbonyl (C=O) groups excluding carboxylic acids is 1. The Kier molecular flexibility index (Phi) is 3.90. The minimum Gasteiger partial charge on any atom is -0.338 e. The van der Waals surface area contributed by atoms with Crippen LogP contribution in [0.4, 0.5) is 0 Å². The number of amides is 1. The molecule has 1 atom stereocenters. The number of nitrogens with zero attached hydrogens (tertiary/aromatic N) is 2. The fourth-order valence-electron chi connectivity index (χ4n) is 2.18. The molecule has 1 aliphatic rings. The zero-order chi connectivity index (χ0) is 11.4. The van der Waals surface area contributed by atoms with E-state index in [2.05, 4.69) is 10.3 Å². The summed E-state index contributed by atoms with van der Waals surface area (Å²) in [6, 6.07) is 0. The van der Waals surface area contributed by atoms with Gasteiger partial charge in [-0.2, -0.15) is 0 Å². The molecule has 0 aromatic carbocycles. The zero-order valence-electron chi connectivity index (χ0n) is 9.48. The Balaban J connectivity index is 1.96. The van der Waals surface area contributed by atoms with Crippen LogP contribution in [0.1, 0.15) is 22.5 Å². The third kappa shape index (κ3) is 2.59. The van der Waals surface area contributed by atoms with Gasteiger partial charge in [0.1, 0.15) is 4.88 Å². The van der Waals surface area contributed by atoms with Crippen molar-refractivity contribution in [2.24, 2.45) is 5.92 Å². The first-order valence-corrected chi connectivity index (χ1v) is 6.51. The normalized spacial score (nSPS) is 21.1. The summed E-state index contributed by atoms with van der Waals surface area (Å²) >= 11 is 1.42. The van der Waals surface area contributed by atoms with Gasteiger partial charge in [0.2, 0.25) is 0 Å². The second kappa shape index (κ2) is 5.41. The number of hydrogen-bond acceptors (Lipinski definition) is 4. The van der Waals surface area contributed by atoms with Crippen LogP contribution in [0.5, 0.6) is 0 Å². The van der Waals surface area contributed by atoms with E-state index in [1.807, 2.05) is 11.9 Å². The van der Waals surface area contributed by atoms with Gasteiger partial charge < -0.3 is 10.2 Å². The minimum absolute atomic E-state index is 0.142. The summed E-state index contributed by atoms with van der Waals surface area (Å²) in [5.41, 5.74) is 1.71. The quantitative estimate of drug-likeness (QED) is 0.862. The molecule has 2 rings (SSSR count). The van der Waals surface area contributed by atoms with E-state index in [1.165, 1.54) is 17.8 Å². The maximum absolute atomic E-state index is 12.1. The van der Waals surface area contributed by atoms with Gasteiger partial charge in [0.25, 0.3) is 5.91 Å². The van der Waals surface area contributed by atoms with Crippen molar-refractivity contribution in [1.29, 1.82) is 0 Å². The molecule has 0 radical (unpaired) electrons. The Bertz CT molecular complexity index is 337. The van der Waals surface area contributed by atoms with Gasteiger partial charge in [-0.15, -0.1) is 11.3 Å². The van der Waals surface area contributed by atoms with Gasteiger partial charge in [-0.25, -0.2) is 0 Å². The summed E-state index contributed by atoms with van der Waals surface area (Å²) < 4.78 is 0. The summed E-state index contributed by atoms with van der Waals surface area (Å²) in [5, 5.41) is 3.18. The van der Waals surface area contributed by atoms with E-state index in [1.54, 1.807) is 11.7 Å². The molecular weight excluding hydrogens is 222 g/mol. The average Bonchev–Trinajstić information content (AvgIpc) is 2.82. The zero-order valence-corrected chi connectivity index (χ0v) is 10.3. The third-order valence-electron chi connectivity index (χ3n) is 2.94. The second-order valence-corrected chi connectivity index (χ2v) is 5.07. The van der Waals surface area contributed by atoms with Crippen LogP contribution in [0.2, 0.25) is 0 Å². The Morgan fingerprint density at radius 3 is 3.31 bits per heavy atom. The second-order valence-electron chi connectivity index (χ2n) is 4.18. The lowest BCUT2D eigenvalue weighted by atomic mass is 9.98. The SMILES string of the molecule is CNCC1CCCN(C(=O)c2cncs2)C1. The number of nitrogens with one attached hydrogen (secondary N) is 1. The van der Waals surface area contributed by atoms with E-state index in [9.17, 15) is 4.79 Å². The van der Waals surface area contributed by atoms with Crippen molar-refractivity contribution in [2.75, 3.05) is 26.7 Å². The number of likely N-dealkylation sites (tertiary alicyclic amines) is 1. The van der Waals surface area contributed by atoms with Crippen LogP contribution in [-0.4, -0.2) is 42.5 Å². The number of carbonyl (C=O) groups is 1.